The van der Waals surface area contributed by atoms with Crippen molar-refractivity contribution in [2.24, 2.45) is 11.8 Å². The first-order chi connectivity index (χ1) is 19.0. The Bertz CT molecular complexity index is 1870. The fraction of sp³-hybridized carbons (Fsp3) is 0.294. The molecule has 0 atom stereocenters. The number of benzene rings is 5. The van der Waals surface area contributed by atoms with Gasteiger partial charge in [-0.05, 0) is 93.4 Å². The minimum atomic E-state index is -0.262. The van der Waals surface area contributed by atoms with Crippen molar-refractivity contribution in [1.82, 2.24) is 9.80 Å². The molecule has 2 aliphatic rings. The average molecular weight is 531 g/mol. The van der Waals surface area contributed by atoms with Crippen LogP contribution in [0.3, 0.4) is 0 Å². The Kier molecular flexibility index (Phi) is 5.00. The largest absolute Gasteiger partial charge is 0.274 e. The van der Waals surface area contributed by atoms with Gasteiger partial charge >= 0.3 is 0 Å². The van der Waals surface area contributed by atoms with Gasteiger partial charge in [-0.3, -0.25) is 29.0 Å². The van der Waals surface area contributed by atoms with Gasteiger partial charge < -0.3 is 0 Å². The van der Waals surface area contributed by atoms with Crippen molar-refractivity contribution in [1.29, 1.82) is 0 Å². The molecule has 0 saturated heterocycles. The van der Waals surface area contributed by atoms with E-state index in [-0.39, 0.29) is 35.5 Å². The predicted octanol–water partition coefficient (Wildman–Crippen LogP) is 6.86. The van der Waals surface area contributed by atoms with Crippen molar-refractivity contribution < 1.29 is 19.2 Å². The number of imide groups is 2. The second-order valence-electron chi connectivity index (χ2n) is 12.3. The van der Waals surface area contributed by atoms with Crippen molar-refractivity contribution in [2.75, 3.05) is 13.1 Å². The maximum Gasteiger partial charge on any atom is 0.261 e. The molecule has 7 rings (SSSR count). The number of carbonyl (C=O) groups is 4. The summed E-state index contributed by atoms with van der Waals surface area (Å²) < 4.78 is 0. The van der Waals surface area contributed by atoms with Gasteiger partial charge in [0.25, 0.3) is 23.6 Å². The molecule has 4 amide bonds. The highest BCUT2D eigenvalue weighted by Gasteiger charge is 2.37. The van der Waals surface area contributed by atoms with Crippen LogP contribution in [0.1, 0.15) is 80.3 Å². The summed E-state index contributed by atoms with van der Waals surface area (Å²) in [7, 11) is 0. The van der Waals surface area contributed by atoms with Crippen LogP contribution in [0.5, 0.6) is 0 Å². The number of aryl methyl sites for hydroxylation is 2. The summed E-state index contributed by atoms with van der Waals surface area (Å²) in [6, 6.07) is 11.4. The highest BCUT2D eigenvalue weighted by atomic mass is 16.2. The average Bonchev–Trinajstić information content (AvgIpc) is 2.90. The van der Waals surface area contributed by atoms with Crippen LogP contribution >= 0.6 is 0 Å². The van der Waals surface area contributed by atoms with E-state index >= 15 is 0 Å². The lowest BCUT2D eigenvalue weighted by Crippen LogP contribution is -2.42. The van der Waals surface area contributed by atoms with Crippen molar-refractivity contribution in [3.63, 3.8) is 0 Å². The highest BCUT2D eigenvalue weighted by Crippen LogP contribution is 2.48. The molecule has 0 unspecified atom stereocenters. The highest BCUT2D eigenvalue weighted by molar-refractivity contribution is 6.42. The van der Waals surface area contributed by atoms with Crippen molar-refractivity contribution in [2.45, 2.75) is 41.5 Å². The summed E-state index contributed by atoms with van der Waals surface area (Å²) in [4.78, 5) is 57.3. The zero-order chi connectivity index (χ0) is 28.4. The van der Waals surface area contributed by atoms with E-state index < -0.39 is 0 Å². The van der Waals surface area contributed by atoms with E-state index in [9.17, 15) is 19.2 Å². The molecular weight excluding hydrogens is 500 g/mol. The van der Waals surface area contributed by atoms with Crippen LogP contribution in [0.15, 0.2) is 36.4 Å². The molecule has 0 N–H and O–H groups in total. The molecule has 0 aromatic heterocycles. The van der Waals surface area contributed by atoms with Gasteiger partial charge in [0.15, 0.2) is 0 Å². The van der Waals surface area contributed by atoms with E-state index in [1.54, 1.807) is 0 Å². The predicted molar refractivity (Wildman–Crippen MR) is 158 cm³/mol. The smallest absolute Gasteiger partial charge is 0.261 e. The second kappa shape index (κ2) is 8.10. The Labute approximate surface area is 231 Å². The zero-order valence-electron chi connectivity index (χ0n) is 23.6. The molecule has 0 radical (unpaired) electrons. The number of fused-ring (bicyclic) bond motifs is 2. The third-order valence-electron chi connectivity index (χ3n) is 8.50. The van der Waals surface area contributed by atoms with Gasteiger partial charge in [0.1, 0.15) is 0 Å². The quantitative estimate of drug-likeness (QED) is 0.145. The molecule has 200 valence electrons. The Hall–Kier alpha value is -4.32. The second-order valence-corrected chi connectivity index (χ2v) is 12.3. The Balaban J connectivity index is 1.64. The first-order valence-electron chi connectivity index (χ1n) is 13.9. The van der Waals surface area contributed by atoms with Gasteiger partial charge in [-0.25, -0.2) is 0 Å². The van der Waals surface area contributed by atoms with Crippen molar-refractivity contribution in [3.8, 4) is 0 Å². The zero-order valence-corrected chi connectivity index (χ0v) is 23.6. The number of hydrogen-bond donors (Lipinski definition) is 0. The maximum atomic E-state index is 13.7. The van der Waals surface area contributed by atoms with Crippen LogP contribution in [0.25, 0.3) is 43.1 Å². The number of hydrogen-bond acceptors (Lipinski definition) is 4. The SMILES string of the molecule is Cc1cc2c3c(ccc4c5c(C)cc6c7c(ccc(c1c34)c75)C(=O)N(CC(C)C)C6=O)C(=O)N(CC(C)C)C2=O. The minimum Gasteiger partial charge on any atom is -0.274 e. The van der Waals surface area contributed by atoms with E-state index in [4.69, 9.17) is 0 Å². The van der Waals surface area contributed by atoms with Gasteiger partial charge in [0.2, 0.25) is 0 Å². The Morgan fingerprint density at radius 2 is 0.850 bits per heavy atom. The molecule has 0 spiro atoms. The molecule has 40 heavy (non-hydrogen) atoms. The fourth-order valence-electron chi connectivity index (χ4n) is 7.03. The lowest BCUT2D eigenvalue weighted by atomic mass is 9.79. The van der Waals surface area contributed by atoms with Crippen molar-refractivity contribution in [3.05, 3.63) is 69.8 Å². The van der Waals surface area contributed by atoms with Gasteiger partial charge in [0, 0.05) is 46.1 Å². The van der Waals surface area contributed by atoms with Crippen LogP contribution in [0.2, 0.25) is 0 Å². The number of carbonyl (C=O) groups excluding carboxylic acids is 4. The van der Waals surface area contributed by atoms with Crippen LogP contribution < -0.4 is 0 Å². The number of amides is 4. The Morgan fingerprint density at radius 3 is 1.20 bits per heavy atom. The maximum absolute atomic E-state index is 13.7. The molecule has 0 fully saturated rings. The van der Waals surface area contributed by atoms with E-state index in [1.807, 2.05) is 77.9 Å². The van der Waals surface area contributed by atoms with Gasteiger partial charge in [-0.1, -0.05) is 39.8 Å². The topological polar surface area (TPSA) is 74.8 Å². The molecule has 5 aromatic carbocycles. The Morgan fingerprint density at radius 1 is 0.500 bits per heavy atom. The summed E-state index contributed by atoms with van der Waals surface area (Å²) in [5, 5.41) is 6.94. The van der Waals surface area contributed by atoms with Crippen LogP contribution in [0, 0.1) is 25.7 Å². The van der Waals surface area contributed by atoms with E-state index in [2.05, 4.69) is 0 Å². The molecule has 0 saturated carbocycles. The third kappa shape index (κ3) is 2.99. The normalized spacial score (nSPS) is 15.5. The lowest BCUT2D eigenvalue weighted by molar-refractivity contribution is 0.0577. The summed E-state index contributed by atoms with van der Waals surface area (Å²) >= 11 is 0. The monoisotopic (exact) mass is 530 g/mol. The minimum absolute atomic E-state index is 0.152. The summed E-state index contributed by atoms with van der Waals surface area (Å²) in [5.74, 6) is -0.734. The molecule has 0 bridgehead atoms. The van der Waals surface area contributed by atoms with E-state index in [1.165, 1.54) is 9.80 Å². The lowest BCUT2D eigenvalue weighted by Gasteiger charge is -2.32. The van der Waals surface area contributed by atoms with Crippen molar-refractivity contribution >= 4 is 66.7 Å². The van der Waals surface area contributed by atoms with E-state index in [0.29, 0.717) is 46.1 Å². The fourth-order valence-corrected chi connectivity index (χ4v) is 7.03. The van der Waals surface area contributed by atoms with Gasteiger partial charge in [-0.2, -0.15) is 0 Å². The number of rotatable bonds is 4. The van der Waals surface area contributed by atoms with Gasteiger partial charge in [0.05, 0.1) is 0 Å². The first-order valence-corrected chi connectivity index (χ1v) is 13.9. The standard InChI is InChI=1S/C34H30N2O4/c1-15(2)13-35-31(37)21-9-7-19-26-18(6)12-24-28-22(32(38)36(34(24)40)14-16(3)4)10-8-20(30(26)28)25-17(5)11-23(33(35)39)27(21)29(19)25/h7-12,15-16H,13-14H2,1-6H3. The third-order valence-corrected chi connectivity index (χ3v) is 8.50. The number of nitrogens with zero attached hydrogens (tertiary/aromatic N) is 2. The van der Waals surface area contributed by atoms with E-state index in [0.717, 1.165) is 43.4 Å². The molecule has 2 aliphatic heterocycles. The summed E-state index contributed by atoms with van der Waals surface area (Å²) in [5.41, 5.74) is 4.02. The van der Waals surface area contributed by atoms with Gasteiger partial charge in [-0.15, -0.1) is 0 Å². The van der Waals surface area contributed by atoms with Crippen LogP contribution in [-0.2, 0) is 0 Å². The molecule has 0 aliphatic carbocycles. The molecule has 6 heteroatoms. The molecular formula is C34H30N2O4. The molecule has 5 aromatic rings. The first kappa shape index (κ1) is 24.7. The van der Waals surface area contributed by atoms with Crippen LogP contribution in [0.4, 0.5) is 0 Å². The molecule has 2 heterocycles. The molecule has 6 nitrogen and oxygen atoms in total. The van der Waals surface area contributed by atoms with Crippen LogP contribution in [-0.4, -0.2) is 46.5 Å². The summed E-state index contributed by atoms with van der Waals surface area (Å²) in [6.45, 7) is 12.7. The summed E-state index contributed by atoms with van der Waals surface area (Å²) in [6.07, 6.45) is 0.